The number of piperazine rings is 1. The minimum Gasteiger partial charge on any atom is -0.468 e. The van der Waals surface area contributed by atoms with Crippen molar-refractivity contribution < 1.29 is 22.4 Å². The number of benzene rings is 1. The Morgan fingerprint density at radius 3 is 2.45 bits per heavy atom. The fourth-order valence-corrected chi connectivity index (χ4v) is 3.56. The highest BCUT2D eigenvalue weighted by atomic mass is 19.4. The zero-order chi connectivity index (χ0) is 21.8. The lowest BCUT2D eigenvalue weighted by Gasteiger charge is -2.36. The molecule has 0 spiro atoms. The number of halogens is 3. The molecule has 0 atom stereocenters. The van der Waals surface area contributed by atoms with Crippen LogP contribution in [0.5, 0.6) is 0 Å². The van der Waals surface area contributed by atoms with E-state index in [4.69, 9.17) is 4.42 Å². The molecule has 1 amide bonds. The minimum atomic E-state index is -4.50. The second-order valence-electron chi connectivity index (χ2n) is 7.26. The third kappa shape index (κ3) is 5.05. The lowest BCUT2D eigenvalue weighted by Crippen LogP contribution is -2.46. The number of hydrogen-bond donors (Lipinski definition) is 1. The Balaban J connectivity index is 1.53. The first-order valence-corrected chi connectivity index (χ1v) is 9.82. The number of carbonyl (C=O) groups excluding carboxylic acids is 1. The van der Waals surface area contributed by atoms with Gasteiger partial charge in [0.1, 0.15) is 5.76 Å². The van der Waals surface area contributed by atoms with Gasteiger partial charge in [0.25, 0.3) is 5.91 Å². The Bertz CT molecular complexity index is 1010. The Hall–Kier alpha value is -3.33. The third-order valence-corrected chi connectivity index (χ3v) is 5.19. The molecule has 162 valence electrons. The summed E-state index contributed by atoms with van der Waals surface area (Å²) < 4.78 is 45.2. The molecule has 2 aromatic heterocycles. The number of hydrogen-bond acceptors (Lipinski definition) is 5. The van der Waals surface area contributed by atoms with Gasteiger partial charge in [-0.1, -0.05) is 0 Å². The largest absolute Gasteiger partial charge is 0.468 e. The maximum absolute atomic E-state index is 13.3. The quantitative estimate of drug-likeness (QED) is 0.655. The highest BCUT2D eigenvalue weighted by Gasteiger charge is 2.32. The lowest BCUT2D eigenvalue weighted by molar-refractivity contribution is -0.137. The number of nitrogens with zero attached hydrogens (tertiary/aromatic N) is 3. The van der Waals surface area contributed by atoms with Crippen LogP contribution in [0.3, 0.4) is 0 Å². The summed E-state index contributed by atoms with van der Waals surface area (Å²) in [6, 6.07) is 10.2. The first-order valence-electron chi connectivity index (χ1n) is 9.82. The minimum absolute atomic E-state index is 0.135. The predicted molar refractivity (Wildman–Crippen MR) is 110 cm³/mol. The number of pyridine rings is 1. The van der Waals surface area contributed by atoms with E-state index in [9.17, 15) is 18.0 Å². The first-order chi connectivity index (χ1) is 14.9. The number of anilines is 2. The molecule has 0 unspecified atom stereocenters. The van der Waals surface area contributed by atoms with Crippen LogP contribution < -0.4 is 10.2 Å². The molecule has 4 rings (SSSR count). The van der Waals surface area contributed by atoms with E-state index in [1.165, 1.54) is 30.6 Å². The van der Waals surface area contributed by atoms with Crippen molar-refractivity contribution >= 4 is 17.3 Å². The van der Waals surface area contributed by atoms with Gasteiger partial charge in [0.2, 0.25) is 0 Å². The van der Waals surface area contributed by atoms with E-state index in [1.807, 2.05) is 17.0 Å². The van der Waals surface area contributed by atoms with Crippen molar-refractivity contribution in [1.29, 1.82) is 0 Å². The van der Waals surface area contributed by atoms with E-state index >= 15 is 0 Å². The number of carbonyl (C=O) groups is 1. The van der Waals surface area contributed by atoms with Crippen LogP contribution in [0.2, 0.25) is 0 Å². The molecule has 6 nitrogen and oxygen atoms in total. The normalized spacial score (nSPS) is 15.1. The molecule has 0 saturated carbocycles. The molecule has 0 bridgehead atoms. The SMILES string of the molecule is O=C(Nc1cc(C(F)(F)F)ccc1N1CCN(Cc2ccco2)CC1)c1ccncc1. The van der Waals surface area contributed by atoms with Crippen LogP contribution in [-0.4, -0.2) is 42.0 Å². The van der Waals surface area contributed by atoms with Crippen molar-refractivity contribution in [2.24, 2.45) is 0 Å². The fraction of sp³-hybridized carbons (Fsp3) is 0.273. The van der Waals surface area contributed by atoms with Crippen molar-refractivity contribution in [1.82, 2.24) is 9.88 Å². The van der Waals surface area contributed by atoms with Gasteiger partial charge >= 0.3 is 6.18 Å². The molecular formula is C22H21F3N4O2. The average Bonchev–Trinajstić information content (AvgIpc) is 3.27. The maximum atomic E-state index is 13.3. The molecule has 3 heterocycles. The summed E-state index contributed by atoms with van der Waals surface area (Å²) in [5.74, 6) is 0.382. The van der Waals surface area contributed by atoms with Crippen molar-refractivity contribution in [3.63, 3.8) is 0 Å². The van der Waals surface area contributed by atoms with Crippen LogP contribution in [0.4, 0.5) is 24.5 Å². The zero-order valence-electron chi connectivity index (χ0n) is 16.6. The Morgan fingerprint density at radius 1 is 1.06 bits per heavy atom. The van der Waals surface area contributed by atoms with Gasteiger partial charge in [-0.05, 0) is 42.5 Å². The summed E-state index contributed by atoms with van der Waals surface area (Å²) >= 11 is 0. The van der Waals surface area contributed by atoms with E-state index < -0.39 is 17.6 Å². The molecule has 1 fully saturated rings. The molecule has 3 aromatic rings. The molecule has 1 N–H and O–H groups in total. The van der Waals surface area contributed by atoms with Crippen LogP contribution in [0.15, 0.2) is 65.5 Å². The number of amides is 1. The van der Waals surface area contributed by atoms with E-state index in [0.717, 1.165) is 31.0 Å². The number of furan rings is 1. The fourth-order valence-electron chi connectivity index (χ4n) is 3.56. The van der Waals surface area contributed by atoms with Gasteiger partial charge in [-0.2, -0.15) is 13.2 Å². The van der Waals surface area contributed by atoms with Gasteiger partial charge in [-0.15, -0.1) is 0 Å². The number of nitrogens with one attached hydrogen (secondary N) is 1. The Kier molecular flexibility index (Phi) is 5.94. The smallest absolute Gasteiger partial charge is 0.416 e. The second kappa shape index (κ2) is 8.81. The first kappa shape index (κ1) is 20.9. The lowest BCUT2D eigenvalue weighted by atomic mass is 10.1. The average molecular weight is 430 g/mol. The molecule has 1 aromatic carbocycles. The van der Waals surface area contributed by atoms with Crippen LogP contribution >= 0.6 is 0 Å². The van der Waals surface area contributed by atoms with Crippen LogP contribution in [0.1, 0.15) is 21.7 Å². The monoisotopic (exact) mass is 430 g/mol. The van der Waals surface area contributed by atoms with Gasteiger partial charge in [-0.25, -0.2) is 0 Å². The predicted octanol–water partition coefficient (Wildman–Crippen LogP) is 4.27. The summed E-state index contributed by atoms with van der Waals surface area (Å²) in [6.07, 6.45) is 0.0440. The topological polar surface area (TPSA) is 61.6 Å². The van der Waals surface area contributed by atoms with Gasteiger partial charge in [0.15, 0.2) is 0 Å². The molecule has 9 heteroatoms. The molecule has 31 heavy (non-hydrogen) atoms. The highest BCUT2D eigenvalue weighted by Crippen LogP contribution is 2.36. The summed E-state index contributed by atoms with van der Waals surface area (Å²) in [6.45, 7) is 3.35. The summed E-state index contributed by atoms with van der Waals surface area (Å²) in [4.78, 5) is 20.6. The molecule has 1 aliphatic heterocycles. The number of alkyl halides is 3. The van der Waals surface area contributed by atoms with Crippen LogP contribution in [-0.2, 0) is 12.7 Å². The second-order valence-corrected chi connectivity index (χ2v) is 7.26. The van der Waals surface area contributed by atoms with Crippen molar-refractivity contribution in [2.45, 2.75) is 12.7 Å². The summed E-state index contributed by atoms with van der Waals surface area (Å²) in [5.41, 5.74) is 0.212. The third-order valence-electron chi connectivity index (χ3n) is 5.19. The van der Waals surface area contributed by atoms with Crippen molar-refractivity contribution in [3.05, 3.63) is 78.0 Å². The van der Waals surface area contributed by atoms with E-state index in [2.05, 4.69) is 15.2 Å². The number of rotatable bonds is 5. The van der Waals surface area contributed by atoms with Gasteiger partial charge < -0.3 is 14.6 Å². The van der Waals surface area contributed by atoms with Gasteiger partial charge in [0.05, 0.1) is 29.7 Å². The van der Waals surface area contributed by atoms with E-state index in [-0.39, 0.29) is 5.69 Å². The molecule has 1 saturated heterocycles. The van der Waals surface area contributed by atoms with Crippen LogP contribution in [0.25, 0.3) is 0 Å². The highest BCUT2D eigenvalue weighted by molar-refractivity contribution is 6.06. The maximum Gasteiger partial charge on any atom is 0.416 e. The number of aromatic nitrogens is 1. The molecular weight excluding hydrogens is 409 g/mol. The summed E-state index contributed by atoms with van der Waals surface area (Å²) in [5, 5.41) is 2.65. The Morgan fingerprint density at radius 2 is 1.81 bits per heavy atom. The molecule has 1 aliphatic rings. The molecule has 0 aliphatic carbocycles. The standard InChI is InChI=1S/C22H21F3N4O2/c23-22(24,25)17-3-4-20(19(14-17)27-21(30)16-5-7-26-8-6-16)29-11-9-28(10-12-29)15-18-2-1-13-31-18/h1-8,13-14H,9-12,15H2,(H,27,30). The van der Waals surface area contributed by atoms with Crippen molar-refractivity contribution in [3.8, 4) is 0 Å². The van der Waals surface area contributed by atoms with Crippen LogP contribution in [0, 0.1) is 0 Å². The van der Waals surface area contributed by atoms with Crippen molar-refractivity contribution in [2.75, 3.05) is 36.4 Å². The van der Waals surface area contributed by atoms with Gasteiger partial charge in [0, 0.05) is 44.1 Å². The van der Waals surface area contributed by atoms with Gasteiger partial charge in [-0.3, -0.25) is 14.7 Å². The summed E-state index contributed by atoms with van der Waals surface area (Å²) in [7, 11) is 0. The Labute approximate surface area is 177 Å². The zero-order valence-corrected chi connectivity index (χ0v) is 16.6. The van der Waals surface area contributed by atoms with E-state index in [1.54, 1.807) is 6.26 Å². The van der Waals surface area contributed by atoms with E-state index in [0.29, 0.717) is 30.9 Å². The molecule has 0 radical (unpaired) electrons.